The van der Waals surface area contributed by atoms with E-state index >= 15 is 0 Å². The van der Waals surface area contributed by atoms with E-state index in [1.165, 1.54) is 0 Å². The van der Waals surface area contributed by atoms with Crippen LogP contribution in [0.15, 0.2) is 12.3 Å². The topological polar surface area (TPSA) is 55.1 Å². The first-order valence-electron chi connectivity index (χ1n) is 4.23. The second-order valence-corrected chi connectivity index (χ2v) is 2.67. The van der Waals surface area contributed by atoms with Crippen LogP contribution in [0.5, 0.6) is 0 Å². The van der Waals surface area contributed by atoms with Crippen molar-refractivity contribution >= 4 is 11.6 Å². The van der Waals surface area contributed by atoms with Crippen LogP contribution < -0.4 is 5.32 Å². The van der Waals surface area contributed by atoms with Crippen LogP contribution in [0, 0.1) is 0 Å². The smallest absolute Gasteiger partial charge is 0.225 e. The van der Waals surface area contributed by atoms with E-state index in [0.29, 0.717) is 5.95 Å². The summed E-state index contributed by atoms with van der Waals surface area (Å²) in [6.45, 7) is 2.03. The normalized spacial score (nSPS) is 10.6. The molecule has 0 unspecified atom stereocenters. The zero-order valence-corrected chi connectivity index (χ0v) is 7.65. The number of hydrogen-bond donors (Lipinski definition) is 1. The summed E-state index contributed by atoms with van der Waals surface area (Å²) in [6, 6.07) is 1.84. The lowest BCUT2D eigenvalue weighted by Gasteiger charge is -1.98. The predicted octanol–water partition coefficient (Wildman–Crippen LogP) is 0.728. The van der Waals surface area contributed by atoms with Gasteiger partial charge in [-0.2, -0.15) is 4.52 Å². The van der Waals surface area contributed by atoms with Crippen molar-refractivity contribution in [1.82, 2.24) is 19.6 Å². The predicted molar refractivity (Wildman–Crippen MR) is 49.7 cm³/mol. The van der Waals surface area contributed by atoms with E-state index < -0.39 is 0 Å². The number of aryl methyl sites for hydroxylation is 1. The van der Waals surface area contributed by atoms with Gasteiger partial charge in [-0.25, -0.2) is 9.97 Å². The second kappa shape index (κ2) is 3.01. The summed E-state index contributed by atoms with van der Waals surface area (Å²) in [7, 11) is 1.81. The molecular weight excluding hydrogens is 166 g/mol. The van der Waals surface area contributed by atoms with E-state index in [1.54, 1.807) is 10.7 Å². The third kappa shape index (κ3) is 1.22. The first kappa shape index (κ1) is 7.97. The number of rotatable bonds is 2. The molecule has 2 aromatic rings. The van der Waals surface area contributed by atoms with Gasteiger partial charge in [0.15, 0.2) is 11.5 Å². The van der Waals surface area contributed by atoms with Crippen LogP contribution in [0.25, 0.3) is 5.65 Å². The molecule has 0 spiro atoms. The minimum absolute atomic E-state index is 0.713. The average molecular weight is 177 g/mol. The fourth-order valence-electron chi connectivity index (χ4n) is 1.18. The Labute approximate surface area is 75.8 Å². The van der Waals surface area contributed by atoms with Crippen molar-refractivity contribution < 1.29 is 0 Å². The van der Waals surface area contributed by atoms with E-state index in [2.05, 4.69) is 20.4 Å². The van der Waals surface area contributed by atoms with Gasteiger partial charge >= 0.3 is 0 Å². The zero-order valence-electron chi connectivity index (χ0n) is 7.65. The van der Waals surface area contributed by atoms with Gasteiger partial charge in [0.25, 0.3) is 0 Å². The van der Waals surface area contributed by atoms with E-state index in [-0.39, 0.29) is 0 Å². The monoisotopic (exact) mass is 177 g/mol. The molecule has 0 amide bonds. The van der Waals surface area contributed by atoms with Gasteiger partial charge in [-0.15, -0.1) is 5.10 Å². The van der Waals surface area contributed by atoms with Crippen molar-refractivity contribution in [3.63, 3.8) is 0 Å². The maximum atomic E-state index is 4.31. The molecular formula is C8H11N5. The van der Waals surface area contributed by atoms with Crippen molar-refractivity contribution in [2.45, 2.75) is 13.3 Å². The number of anilines is 1. The molecule has 2 rings (SSSR count). The second-order valence-electron chi connectivity index (χ2n) is 2.67. The highest BCUT2D eigenvalue weighted by molar-refractivity contribution is 5.42. The van der Waals surface area contributed by atoms with Crippen molar-refractivity contribution in [2.75, 3.05) is 12.4 Å². The molecule has 0 atom stereocenters. The van der Waals surface area contributed by atoms with Crippen molar-refractivity contribution in [3.05, 3.63) is 18.1 Å². The Morgan fingerprint density at radius 1 is 1.54 bits per heavy atom. The summed E-state index contributed by atoms with van der Waals surface area (Å²) in [4.78, 5) is 8.43. The van der Waals surface area contributed by atoms with Crippen LogP contribution in [-0.4, -0.2) is 26.6 Å². The third-order valence-corrected chi connectivity index (χ3v) is 1.84. The number of nitrogens with zero attached hydrogens (tertiary/aromatic N) is 4. The number of nitrogens with one attached hydrogen (secondary N) is 1. The third-order valence-electron chi connectivity index (χ3n) is 1.84. The highest BCUT2D eigenvalue weighted by Gasteiger charge is 2.04. The summed E-state index contributed by atoms with van der Waals surface area (Å²) >= 11 is 0. The first-order valence-corrected chi connectivity index (χ1v) is 4.23. The first-order chi connectivity index (χ1) is 6.35. The Balaban J connectivity index is 2.67. The molecule has 5 nitrogen and oxygen atoms in total. The number of aromatic nitrogens is 4. The quantitative estimate of drug-likeness (QED) is 0.734. The standard InChI is InChI=1S/C8H11N5/c1-3-6-11-7-4-5-10-8(9-2)13(7)12-6/h4-5H,3H2,1-2H3,(H,9,10). The Bertz CT molecular complexity index is 419. The summed E-state index contributed by atoms with van der Waals surface area (Å²) in [5.41, 5.74) is 0.830. The van der Waals surface area contributed by atoms with E-state index in [9.17, 15) is 0 Å². The lowest BCUT2D eigenvalue weighted by Crippen LogP contribution is -2.01. The van der Waals surface area contributed by atoms with Gasteiger partial charge in [-0.3, -0.25) is 0 Å². The lowest BCUT2D eigenvalue weighted by atomic mass is 10.5. The molecule has 0 bridgehead atoms. The molecule has 1 N–H and O–H groups in total. The van der Waals surface area contributed by atoms with Crippen molar-refractivity contribution in [2.24, 2.45) is 0 Å². The zero-order chi connectivity index (χ0) is 9.26. The summed E-state index contributed by atoms with van der Waals surface area (Å²) < 4.78 is 1.71. The maximum Gasteiger partial charge on any atom is 0.225 e. The molecule has 0 saturated heterocycles. The van der Waals surface area contributed by atoms with Gasteiger partial charge in [0.2, 0.25) is 5.95 Å². The molecule has 0 radical (unpaired) electrons. The summed E-state index contributed by atoms with van der Waals surface area (Å²) in [5.74, 6) is 1.55. The number of fused-ring (bicyclic) bond motifs is 1. The Morgan fingerprint density at radius 2 is 2.38 bits per heavy atom. The van der Waals surface area contributed by atoms with Crippen LogP contribution in [0.4, 0.5) is 5.95 Å². The van der Waals surface area contributed by atoms with E-state index in [1.807, 2.05) is 20.0 Å². The maximum absolute atomic E-state index is 4.31. The van der Waals surface area contributed by atoms with Gasteiger partial charge in [0, 0.05) is 25.7 Å². The Hall–Kier alpha value is -1.65. The minimum atomic E-state index is 0.713. The van der Waals surface area contributed by atoms with Crippen LogP contribution >= 0.6 is 0 Å². The van der Waals surface area contributed by atoms with E-state index in [0.717, 1.165) is 17.9 Å². The van der Waals surface area contributed by atoms with Crippen molar-refractivity contribution in [1.29, 1.82) is 0 Å². The minimum Gasteiger partial charge on any atom is -0.357 e. The molecule has 0 aliphatic heterocycles. The molecule has 0 saturated carbocycles. The Kier molecular flexibility index (Phi) is 1.84. The molecule has 68 valence electrons. The number of hydrogen-bond acceptors (Lipinski definition) is 4. The highest BCUT2D eigenvalue weighted by atomic mass is 15.4. The fraction of sp³-hybridized carbons (Fsp3) is 0.375. The molecule has 13 heavy (non-hydrogen) atoms. The van der Waals surface area contributed by atoms with Crippen LogP contribution in [0.2, 0.25) is 0 Å². The average Bonchev–Trinajstić information content (AvgIpc) is 2.59. The largest absolute Gasteiger partial charge is 0.357 e. The molecule has 2 heterocycles. The van der Waals surface area contributed by atoms with Gasteiger partial charge in [0.05, 0.1) is 0 Å². The molecule has 5 heteroatoms. The van der Waals surface area contributed by atoms with Crippen molar-refractivity contribution in [3.8, 4) is 0 Å². The molecule has 0 aliphatic rings. The van der Waals surface area contributed by atoms with Crippen LogP contribution in [0.3, 0.4) is 0 Å². The van der Waals surface area contributed by atoms with Gasteiger partial charge in [0.1, 0.15) is 0 Å². The molecule has 2 aromatic heterocycles. The highest BCUT2D eigenvalue weighted by Crippen LogP contribution is 2.06. The van der Waals surface area contributed by atoms with Gasteiger partial charge in [-0.1, -0.05) is 6.92 Å². The molecule has 0 aromatic carbocycles. The summed E-state index contributed by atoms with van der Waals surface area (Å²) in [6.07, 6.45) is 2.56. The molecule has 0 fully saturated rings. The van der Waals surface area contributed by atoms with Crippen LogP contribution in [0.1, 0.15) is 12.7 Å². The lowest BCUT2D eigenvalue weighted by molar-refractivity contribution is 0.872. The van der Waals surface area contributed by atoms with E-state index in [4.69, 9.17) is 0 Å². The fourth-order valence-corrected chi connectivity index (χ4v) is 1.18. The van der Waals surface area contributed by atoms with Crippen LogP contribution in [-0.2, 0) is 6.42 Å². The SMILES string of the molecule is CCc1nc2ccnc(NC)n2n1. The van der Waals surface area contributed by atoms with Gasteiger partial charge in [-0.05, 0) is 0 Å². The summed E-state index contributed by atoms with van der Waals surface area (Å²) in [5, 5.41) is 7.24. The molecule has 0 aliphatic carbocycles. The van der Waals surface area contributed by atoms with Gasteiger partial charge < -0.3 is 5.32 Å². The Morgan fingerprint density at radius 3 is 3.08 bits per heavy atom.